The van der Waals surface area contributed by atoms with Gasteiger partial charge in [0.2, 0.25) is 0 Å². The van der Waals surface area contributed by atoms with E-state index in [2.05, 4.69) is 10.5 Å². The summed E-state index contributed by atoms with van der Waals surface area (Å²) in [5.41, 5.74) is -0.278. The number of rotatable bonds is 8. The third-order valence-electron chi connectivity index (χ3n) is 2.01. The van der Waals surface area contributed by atoms with Crippen LogP contribution in [0.3, 0.4) is 0 Å². The summed E-state index contributed by atoms with van der Waals surface area (Å²) in [4.78, 5) is 10.8. The van der Waals surface area contributed by atoms with Gasteiger partial charge in [-0.05, 0) is 26.4 Å². The van der Waals surface area contributed by atoms with Crippen LogP contribution in [0.1, 0.15) is 25.7 Å². The van der Waals surface area contributed by atoms with Gasteiger partial charge in [0.05, 0.1) is 11.7 Å². The molecule has 0 saturated carbocycles. The van der Waals surface area contributed by atoms with Gasteiger partial charge in [0, 0.05) is 0 Å². The Labute approximate surface area is 82.9 Å². The minimum absolute atomic E-state index is 0.189. The van der Waals surface area contributed by atoms with Gasteiger partial charge in [0.1, 0.15) is 0 Å². The first-order valence-corrected chi connectivity index (χ1v) is 4.62. The molecule has 13 heavy (non-hydrogen) atoms. The minimum atomic E-state index is -0.278. The monoisotopic (exact) mass is 178 g/mol. The van der Waals surface area contributed by atoms with E-state index in [1.807, 2.05) is 0 Å². The molecular weight excluding hydrogens is 162 g/mol. The molecule has 0 aliphatic rings. The van der Waals surface area contributed by atoms with Crippen molar-refractivity contribution >= 4 is 21.5 Å². The quantitative estimate of drug-likeness (QED) is 0.388. The Balaban J connectivity index is 3.33. The predicted molar refractivity (Wildman–Crippen MR) is 55.8 cm³/mol. The Morgan fingerprint density at radius 3 is 2.54 bits per heavy atom. The Morgan fingerprint density at radius 1 is 1.38 bits per heavy atom. The highest BCUT2D eigenvalue weighted by molar-refractivity contribution is 6.59. The van der Waals surface area contributed by atoms with E-state index in [1.165, 1.54) is 0 Å². The highest BCUT2D eigenvalue weighted by Gasteiger charge is 2.09. The fraction of sp³-hybridized carbons (Fsp3) is 0.875. The molecular formula is C8H16B2N2O. The van der Waals surface area contributed by atoms with E-state index >= 15 is 0 Å². The van der Waals surface area contributed by atoms with Crippen LogP contribution in [0.5, 0.6) is 0 Å². The van der Waals surface area contributed by atoms with Crippen molar-refractivity contribution in [3.63, 3.8) is 0 Å². The fourth-order valence-electron chi connectivity index (χ4n) is 1.18. The lowest BCUT2D eigenvalue weighted by Crippen LogP contribution is -2.34. The van der Waals surface area contributed by atoms with Gasteiger partial charge in [-0.25, -0.2) is 0 Å². The molecule has 1 atom stereocenters. The van der Waals surface area contributed by atoms with Crippen molar-refractivity contribution in [3.05, 3.63) is 0 Å². The Bertz CT molecular complexity index is 144. The van der Waals surface area contributed by atoms with Gasteiger partial charge in [-0.15, -0.1) is 0 Å². The molecule has 0 aliphatic carbocycles. The van der Waals surface area contributed by atoms with E-state index in [0.29, 0.717) is 0 Å². The van der Waals surface area contributed by atoms with Gasteiger partial charge in [0.25, 0.3) is 0 Å². The molecule has 0 aromatic carbocycles. The second-order valence-electron chi connectivity index (χ2n) is 3.05. The molecule has 0 bridgehead atoms. The number of hydrogen-bond donors (Lipinski definition) is 2. The molecule has 0 aliphatic heterocycles. The molecule has 0 spiro atoms. The summed E-state index contributed by atoms with van der Waals surface area (Å²) in [5, 5.41) is 5.46. The number of likely N-dealkylation sites (N-methyl/N-ethyl adjacent to an activating group) is 1. The fourth-order valence-corrected chi connectivity index (χ4v) is 1.18. The molecule has 0 fully saturated rings. The van der Waals surface area contributed by atoms with Crippen molar-refractivity contribution in [2.24, 2.45) is 0 Å². The van der Waals surface area contributed by atoms with Crippen LogP contribution in [0, 0.1) is 0 Å². The summed E-state index contributed by atoms with van der Waals surface area (Å²) in [6, 6.07) is -0.189. The summed E-state index contributed by atoms with van der Waals surface area (Å²) in [6.45, 7) is 0.820. The largest absolute Gasteiger partial charge is 0.366 e. The topological polar surface area (TPSA) is 41.1 Å². The van der Waals surface area contributed by atoms with E-state index in [-0.39, 0.29) is 11.7 Å². The molecule has 0 aromatic rings. The normalized spacial score (nSPS) is 12.7. The zero-order chi connectivity index (χ0) is 10.1. The second-order valence-corrected chi connectivity index (χ2v) is 3.05. The van der Waals surface area contributed by atoms with Gasteiger partial charge in [-0.2, -0.15) is 0 Å². The third-order valence-corrected chi connectivity index (χ3v) is 2.01. The van der Waals surface area contributed by atoms with Crippen LogP contribution < -0.4 is 10.5 Å². The predicted octanol–water partition coefficient (Wildman–Crippen LogP) is -0.497. The maximum atomic E-state index is 10.8. The summed E-state index contributed by atoms with van der Waals surface area (Å²) in [7, 11) is 12.0. The second kappa shape index (κ2) is 8.32. The Morgan fingerprint density at radius 2 is 2.08 bits per heavy atom. The van der Waals surface area contributed by atoms with Gasteiger partial charge in [0.15, 0.2) is 15.8 Å². The van der Waals surface area contributed by atoms with E-state index in [4.69, 9.17) is 15.8 Å². The lowest BCUT2D eigenvalue weighted by Gasteiger charge is -2.12. The number of hydrogen-bond acceptors (Lipinski definition) is 3. The lowest BCUT2D eigenvalue weighted by atomic mass is 9.91. The molecule has 0 aromatic heterocycles. The van der Waals surface area contributed by atoms with E-state index < -0.39 is 0 Å². The van der Waals surface area contributed by atoms with Gasteiger partial charge < -0.3 is 15.3 Å². The number of unbranched alkanes of at least 4 members (excludes halogenated alkanes) is 2. The van der Waals surface area contributed by atoms with Crippen molar-refractivity contribution in [2.45, 2.75) is 31.7 Å². The first-order chi connectivity index (χ1) is 6.22. The molecule has 0 saturated heterocycles. The highest BCUT2D eigenvalue weighted by Crippen LogP contribution is 2.02. The van der Waals surface area contributed by atoms with Crippen LogP contribution in [0.4, 0.5) is 0 Å². The van der Waals surface area contributed by atoms with Gasteiger partial charge in [-0.3, -0.25) is 0 Å². The van der Waals surface area contributed by atoms with Crippen LogP contribution in [-0.4, -0.2) is 41.1 Å². The molecule has 0 heterocycles. The summed E-state index contributed by atoms with van der Waals surface area (Å²) < 4.78 is 0. The standard InChI is InChI=1S/C8H16B2N2O/c1-11-7(8(9)13)5-3-2-4-6-12-10/h7,11-12H,2-6H2,1H3/t7-/m0/s1. The van der Waals surface area contributed by atoms with E-state index in [0.717, 1.165) is 32.2 Å². The smallest absolute Gasteiger partial charge is 0.177 e. The van der Waals surface area contributed by atoms with E-state index in [1.54, 1.807) is 7.05 Å². The third kappa shape index (κ3) is 6.84. The molecule has 4 radical (unpaired) electrons. The van der Waals surface area contributed by atoms with Crippen LogP contribution in [0.25, 0.3) is 0 Å². The zero-order valence-electron chi connectivity index (χ0n) is 8.18. The molecule has 0 rings (SSSR count). The number of carbonyl (C=O) groups excluding carboxylic acids is 1. The van der Waals surface area contributed by atoms with E-state index in [9.17, 15) is 4.79 Å². The van der Waals surface area contributed by atoms with Crippen molar-refractivity contribution in [1.82, 2.24) is 10.5 Å². The molecule has 0 unspecified atom stereocenters. The van der Waals surface area contributed by atoms with Gasteiger partial charge >= 0.3 is 0 Å². The Kier molecular flexibility index (Phi) is 8.14. The highest BCUT2D eigenvalue weighted by atomic mass is 16.1. The first kappa shape index (κ1) is 12.7. The average Bonchev–Trinajstić information content (AvgIpc) is 2.10. The van der Waals surface area contributed by atoms with Crippen LogP contribution in [-0.2, 0) is 4.79 Å². The summed E-state index contributed by atoms with van der Waals surface area (Å²) in [5.74, 6) is 0. The van der Waals surface area contributed by atoms with Crippen molar-refractivity contribution in [2.75, 3.05) is 13.6 Å². The average molecular weight is 178 g/mol. The molecule has 5 heteroatoms. The maximum absolute atomic E-state index is 10.8. The minimum Gasteiger partial charge on any atom is -0.366 e. The van der Waals surface area contributed by atoms with Crippen molar-refractivity contribution < 1.29 is 4.79 Å². The molecule has 70 valence electrons. The van der Waals surface area contributed by atoms with Gasteiger partial charge in [-0.1, -0.05) is 12.8 Å². The number of nitrogens with one attached hydrogen (secondary N) is 2. The van der Waals surface area contributed by atoms with Crippen LogP contribution in [0.2, 0.25) is 0 Å². The molecule has 3 nitrogen and oxygen atoms in total. The van der Waals surface area contributed by atoms with Crippen molar-refractivity contribution in [1.29, 1.82) is 0 Å². The lowest BCUT2D eigenvalue weighted by molar-refractivity contribution is -0.113. The molecule has 2 N–H and O–H groups in total. The Hall–Kier alpha value is -0.280. The first-order valence-electron chi connectivity index (χ1n) is 4.62. The zero-order valence-corrected chi connectivity index (χ0v) is 8.18. The van der Waals surface area contributed by atoms with Crippen LogP contribution >= 0.6 is 0 Å². The SMILES string of the molecule is [B]NCCCCC[C@H](NC)C([B])=O. The summed E-state index contributed by atoms with van der Waals surface area (Å²) >= 11 is 0. The molecule has 0 amide bonds. The number of carbonyl (C=O) groups is 1. The summed E-state index contributed by atoms with van der Waals surface area (Å²) in [6.07, 6.45) is 3.90. The van der Waals surface area contributed by atoms with Crippen molar-refractivity contribution in [3.8, 4) is 0 Å². The van der Waals surface area contributed by atoms with Crippen LogP contribution in [0.15, 0.2) is 0 Å². The maximum Gasteiger partial charge on any atom is 0.177 e.